The van der Waals surface area contributed by atoms with Crippen LogP contribution in [0.15, 0.2) is 18.3 Å². The summed E-state index contributed by atoms with van der Waals surface area (Å²) in [5.41, 5.74) is -0.663. The van der Waals surface area contributed by atoms with Crippen LogP contribution in [-0.2, 0) is 5.60 Å². The summed E-state index contributed by atoms with van der Waals surface area (Å²) in [5.74, 6) is 0.474. The molecule has 0 aliphatic heterocycles. The van der Waals surface area contributed by atoms with Gasteiger partial charge in [-0.15, -0.1) is 0 Å². The van der Waals surface area contributed by atoms with E-state index < -0.39 is 5.60 Å². The lowest BCUT2D eigenvalue weighted by atomic mass is 9.82. The highest BCUT2D eigenvalue weighted by Crippen LogP contribution is 2.38. The van der Waals surface area contributed by atoms with Crippen LogP contribution < -0.4 is 9.47 Å². The number of rotatable bonds is 2. The Morgan fingerprint density at radius 2 is 2.06 bits per heavy atom. The first-order valence-electron chi connectivity index (χ1n) is 5.66. The molecule has 1 heterocycles. The maximum atomic E-state index is 11.8. The van der Waals surface area contributed by atoms with Crippen molar-refractivity contribution in [1.29, 1.82) is 0 Å². The van der Waals surface area contributed by atoms with E-state index in [2.05, 4.69) is 0 Å². The number of aromatic nitrogens is 1. The van der Waals surface area contributed by atoms with Gasteiger partial charge in [0.1, 0.15) is 0 Å². The van der Waals surface area contributed by atoms with Crippen molar-refractivity contribution in [1.82, 2.24) is 0 Å². The zero-order valence-corrected chi connectivity index (χ0v) is 9.48. The van der Waals surface area contributed by atoms with Gasteiger partial charge in [-0.25, -0.2) is 0 Å². The normalized spacial score (nSPS) is 19.4. The fraction of sp³-hybridized carbons (Fsp3) is 0.583. The Bertz CT molecular complexity index is 373. The summed E-state index contributed by atoms with van der Waals surface area (Å²) >= 11 is 0. The van der Waals surface area contributed by atoms with Gasteiger partial charge in [0, 0.05) is 6.07 Å². The van der Waals surface area contributed by atoms with Crippen molar-refractivity contribution in [3.63, 3.8) is 0 Å². The Labute approximate surface area is 95.1 Å². The SMILES string of the molecule is COc1ccc[n+]([O-])c1C1(O)CCCCC1. The van der Waals surface area contributed by atoms with Gasteiger partial charge in [-0.1, -0.05) is 6.42 Å². The summed E-state index contributed by atoms with van der Waals surface area (Å²) in [7, 11) is 1.52. The van der Waals surface area contributed by atoms with Crippen LogP contribution >= 0.6 is 0 Å². The smallest absolute Gasteiger partial charge is 0.266 e. The third kappa shape index (κ3) is 1.85. The van der Waals surface area contributed by atoms with E-state index >= 15 is 0 Å². The van der Waals surface area contributed by atoms with Crippen LogP contribution in [-0.4, -0.2) is 12.2 Å². The highest BCUT2D eigenvalue weighted by Gasteiger charge is 2.40. The third-order valence-corrected chi connectivity index (χ3v) is 3.26. The maximum Gasteiger partial charge on any atom is 0.266 e. The first-order chi connectivity index (χ1) is 7.67. The summed E-state index contributed by atoms with van der Waals surface area (Å²) in [5, 5.41) is 22.3. The highest BCUT2D eigenvalue weighted by molar-refractivity contribution is 5.28. The Balaban J connectivity index is 2.44. The molecule has 0 unspecified atom stereocenters. The summed E-state index contributed by atoms with van der Waals surface area (Å²) in [6.07, 6.45) is 5.70. The van der Waals surface area contributed by atoms with Crippen molar-refractivity contribution in [2.45, 2.75) is 37.7 Å². The zero-order chi connectivity index (χ0) is 11.6. The quantitative estimate of drug-likeness (QED) is 0.610. The van der Waals surface area contributed by atoms with E-state index in [1.165, 1.54) is 13.3 Å². The number of nitrogens with zero attached hydrogens (tertiary/aromatic N) is 1. The molecule has 1 saturated carbocycles. The van der Waals surface area contributed by atoms with Crippen LogP contribution in [0.4, 0.5) is 0 Å². The van der Waals surface area contributed by atoms with E-state index in [1.807, 2.05) is 0 Å². The Hall–Kier alpha value is -1.29. The van der Waals surface area contributed by atoms with E-state index in [1.54, 1.807) is 12.1 Å². The van der Waals surface area contributed by atoms with Crippen LogP contribution in [0.1, 0.15) is 37.8 Å². The molecule has 1 aliphatic carbocycles. The molecule has 0 atom stereocenters. The molecule has 1 aliphatic rings. The van der Waals surface area contributed by atoms with E-state index in [4.69, 9.17) is 4.74 Å². The van der Waals surface area contributed by atoms with Gasteiger partial charge >= 0.3 is 0 Å². The Morgan fingerprint density at radius 3 is 2.69 bits per heavy atom. The van der Waals surface area contributed by atoms with Crippen LogP contribution in [0.25, 0.3) is 0 Å². The fourth-order valence-corrected chi connectivity index (χ4v) is 2.44. The van der Waals surface area contributed by atoms with Crippen LogP contribution in [0.5, 0.6) is 5.75 Å². The molecule has 1 aromatic rings. The molecule has 0 saturated heterocycles. The van der Waals surface area contributed by atoms with Crippen molar-refractivity contribution < 1.29 is 14.6 Å². The number of pyridine rings is 1. The van der Waals surface area contributed by atoms with Gasteiger partial charge in [-0.2, -0.15) is 4.73 Å². The lowest BCUT2D eigenvalue weighted by Crippen LogP contribution is -2.43. The molecule has 1 aromatic heterocycles. The Morgan fingerprint density at radius 1 is 1.38 bits per heavy atom. The average Bonchev–Trinajstić information content (AvgIpc) is 2.29. The second-order valence-corrected chi connectivity index (χ2v) is 4.34. The standard InChI is InChI=1S/C12H17NO3/c1-16-10-6-5-9-13(15)11(10)12(14)7-3-2-4-8-12/h5-6,9,14H,2-4,7-8H2,1H3. The lowest BCUT2D eigenvalue weighted by Gasteiger charge is -2.30. The summed E-state index contributed by atoms with van der Waals surface area (Å²) < 4.78 is 5.89. The highest BCUT2D eigenvalue weighted by atomic mass is 16.5. The minimum Gasteiger partial charge on any atom is -0.618 e. The number of aliphatic hydroxyl groups is 1. The van der Waals surface area contributed by atoms with E-state index in [9.17, 15) is 10.3 Å². The van der Waals surface area contributed by atoms with Crippen molar-refractivity contribution in [3.8, 4) is 5.75 Å². The first-order valence-corrected chi connectivity index (χ1v) is 5.66. The maximum absolute atomic E-state index is 11.8. The molecule has 1 fully saturated rings. The van der Waals surface area contributed by atoms with Crippen LogP contribution in [0, 0.1) is 5.21 Å². The summed E-state index contributed by atoms with van der Waals surface area (Å²) in [6.45, 7) is 0. The van der Waals surface area contributed by atoms with Gasteiger partial charge in [0.25, 0.3) is 5.69 Å². The molecule has 16 heavy (non-hydrogen) atoms. The second kappa shape index (κ2) is 4.29. The molecule has 2 rings (SSSR count). The predicted molar refractivity (Wildman–Crippen MR) is 58.9 cm³/mol. The Kier molecular flexibility index (Phi) is 3.01. The minimum atomic E-state index is -1.02. The van der Waals surface area contributed by atoms with Crippen molar-refractivity contribution >= 4 is 0 Å². The molecule has 0 bridgehead atoms. The molecular weight excluding hydrogens is 206 g/mol. The van der Waals surface area contributed by atoms with E-state index in [0.29, 0.717) is 24.3 Å². The molecule has 0 aromatic carbocycles. The van der Waals surface area contributed by atoms with Crippen molar-refractivity contribution in [2.24, 2.45) is 0 Å². The number of methoxy groups -OCH3 is 1. The minimum absolute atomic E-state index is 0.359. The fourth-order valence-electron chi connectivity index (χ4n) is 2.44. The average molecular weight is 223 g/mol. The summed E-state index contributed by atoms with van der Waals surface area (Å²) in [4.78, 5) is 0. The molecule has 4 nitrogen and oxygen atoms in total. The van der Waals surface area contributed by atoms with Crippen molar-refractivity contribution in [2.75, 3.05) is 7.11 Å². The van der Waals surface area contributed by atoms with Gasteiger partial charge in [0.05, 0.1) is 7.11 Å². The predicted octanol–water partition coefficient (Wildman–Crippen LogP) is 1.48. The first kappa shape index (κ1) is 11.2. The number of hydrogen-bond acceptors (Lipinski definition) is 3. The largest absolute Gasteiger partial charge is 0.618 e. The molecule has 0 amide bonds. The molecule has 1 N–H and O–H groups in total. The van der Waals surface area contributed by atoms with E-state index in [0.717, 1.165) is 24.0 Å². The monoisotopic (exact) mass is 223 g/mol. The second-order valence-electron chi connectivity index (χ2n) is 4.34. The van der Waals surface area contributed by atoms with Crippen LogP contribution in [0.3, 0.4) is 0 Å². The molecule has 88 valence electrons. The molecule has 0 spiro atoms. The van der Waals surface area contributed by atoms with Crippen LogP contribution in [0.2, 0.25) is 0 Å². The van der Waals surface area contributed by atoms with E-state index in [-0.39, 0.29) is 0 Å². The van der Waals surface area contributed by atoms with Gasteiger partial charge in [-0.05, 0) is 31.7 Å². The zero-order valence-electron chi connectivity index (χ0n) is 9.48. The topological polar surface area (TPSA) is 56.4 Å². The van der Waals surface area contributed by atoms with Gasteiger partial charge in [-0.3, -0.25) is 0 Å². The molecular formula is C12H17NO3. The van der Waals surface area contributed by atoms with Gasteiger partial charge in [0.2, 0.25) is 0 Å². The number of ether oxygens (including phenoxy) is 1. The van der Waals surface area contributed by atoms with Gasteiger partial charge in [0.15, 0.2) is 17.5 Å². The van der Waals surface area contributed by atoms with Crippen molar-refractivity contribution in [3.05, 3.63) is 29.2 Å². The third-order valence-electron chi connectivity index (χ3n) is 3.26. The number of hydrogen-bond donors (Lipinski definition) is 1. The lowest BCUT2D eigenvalue weighted by molar-refractivity contribution is -0.623. The molecule has 0 radical (unpaired) electrons. The van der Waals surface area contributed by atoms with Gasteiger partial charge < -0.3 is 15.1 Å². The summed E-state index contributed by atoms with van der Waals surface area (Å²) in [6, 6.07) is 3.35. The molecule has 4 heteroatoms.